The maximum Gasteiger partial charge on any atom is 0.261 e. The number of methoxy groups -OCH3 is 1. The van der Waals surface area contributed by atoms with E-state index >= 15 is 0 Å². The van der Waals surface area contributed by atoms with E-state index in [-0.39, 0.29) is 10.5 Å². The zero-order chi connectivity index (χ0) is 21.7. The van der Waals surface area contributed by atoms with Gasteiger partial charge >= 0.3 is 0 Å². The first kappa shape index (κ1) is 23.0. The summed E-state index contributed by atoms with van der Waals surface area (Å²) in [6, 6.07) is 4.37. The minimum atomic E-state index is -3.68. The molecule has 1 N–H and O–H groups in total. The molecule has 1 aromatic carbocycles. The van der Waals surface area contributed by atoms with Crippen molar-refractivity contribution in [2.24, 2.45) is 0 Å². The first-order valence-corrected chi connectivity index (χ1v) is 12.9. The van der Waals surface area contributed by atoms with Crippen molar-refractivity contribution in [2.45, 2.75) is 54.0 Å². The third-order valence-electron chi connectivity index (χ3n) is 4.58. The van der Waals surface area contributed by atoms with Gasteiger partial charge in [0.25, 0.3) is 5.91 Å². The quantitative estimate of drug-likeness (QED) is 0.484. The summed E-state index contributed by atoms with van der Waals surface area (Å²) < 4.78 is 33.8. The van der Waals surface area contributed by atoms with Crippen molar-refractivity contribution in [3.63, 3.8) is 0 Å². The molecule has 0 aliphatic carbocycles. The molecule has 1 aliphatic heterocycles. The molecule has 1 aliphatic rings. The lowest BCUT2D eigenvalue weighted by molar-refractivity contribution is 0.102. The third kappa shape index (κ3) is 5.51. The zero-order valence-corrected chi connectivity index (χ0v) is 19.7. The Morgan fingerprint density at radius 1 is 1.20 bits per heavy atom. The Kier molecular flexibility index (Phi) is 7.72. The molecule has 3 rings (SSSR count). The molecule has 0 saturated carbocycles. The topological polar surface area (TPSA) is 101 Å². The number of amides is 1. The van der Waals surface area contributed by atoms with E-state index < -0.39 is 15.9 Å². The van der Waals surface area contributed by atoms with Crippen molar-refractivity contribution in [3.8, 4) is 5.75 Å². The molecule has 0 radical (unpaired) electrons. The summed E-state index contributed by atoms with van der Waals surface area (Å²) >= 11 is 2.83. The Morgan fingerprint density at radius 2 is 1.90 bits per heavy atom. The van der Waals surface area contributed by atoms with Crippen molar-refractivity contribution in [1.82, 2.24) is 14.5 Å². The predicted molar refractivity (Wildman–Crippen MR) is 119 cm³/mol. The number of rotatable bonds is 7. The number of sulfonamides is 1. The summed E-state index contributed by atoms with van der Waals surface area (Å²) in [4.78, 5) is 13.0. The van der Waals surface area contributed by atoms with Gasteiger partial charge in [0.2, 0.25) is 15.2 Å². The number of ether oxygens (including phenoxy) is 1. The molecule has 1 aromatic heterocycles. The Morgan fingerprint density at radius 3 is 2.53 bits per heavy atom. The lowest BCUT2D eigenvalue weighted by Crippen LogP contribution is -2.32. The normalized spacial score (nSPS) is 15.7. The molecular weight excluding hydrogens is 444 g/mol. The fourth-order valence-electron chi connectivity index (χ4n) is 3.13. The van der Waals surface area contributed by atoms with Crippen LogP contribution in [0.1, 0.15) is 49.9 Å². The van der Waals surface area contributed by atoms with Gasteiger partial charge in [0.1, 0.15) is 5.75 Å². The molecule has 11 heteroatoms. The van der Waals surface area contributed by atoms with Gasteiger partial charge in [-0.1, -0.05) is 49.8 Å². The largest absolute Gasteiger partial charge is 0.496 e. The van der Waals surface area contributed by atoms with Crippen molar-refractivity contribution >= 4 is 44.2 Å². The molecule has 164 valence electrons. The molecule has 2 aromatic rings. The van der Waals surface area contributed by atoms with Crippen molar-refractivity contribution in [3.05, 3.63) is 23.8 Å². The number of carbonyl (C=O) groups is 1. The highest BCUT2D eigenvalue weighted by Gasteiger charge is 2.27. The zero-order valence-electron chi connectivity index (χ0n) is 17.3. The average Bonchev–Trinajstić information content (AvgIpc) is 2.96. The van der Waals surface area contributed by atoms with Crippen LogP contribution >= 0.6 is 23.1 Å². The van der Waals surface area contributed by atoms with Gasteiger partial charge < -0.3 is 4.74 Å². The SMILES string of the molecule is COc1ccc(S(=O)(=O)N2CCCCCC2)cc1C(=O)Nc1nnc(SC(C)C)s1. The van der Waals surface area contributed by atoms with Crippen LogP contribution in [0.3, 0.4) is 0 Å². The second-order valence-corrected chi connectivity index (χ2v) is 11.9. The number of carbonyl (C=O) groups excluding carboxylic acids is 1. The third-order valence-corrected chi connectivity index (χ3v) is 8.40. The average molecular weight is 471 g/mol. The summed E-state index contributed by atoms with van der Waals surface area (Å²) in [6.45, 7) is 5.09. The van der Waals surface area contributed by atoms with Crippen LogP contribution in [0.15, 0.2) is 27.4 Å². The van der Waals surface area contributed by atoms with Crippen LogP contribution in [-0.4, -0.2) is 54.3 Å². The Labute approximate surface area is 185 Å². The highest BCUT2D eigenvalue weighted by molar-refractivity contribution is 8.01. The fraction of sp³-hybridized carbons (Fsp3) is 0.526. The molecule has 1 amide bonds. The molecule has 0 atom stereocenters. The van der Waals surface area contributed by atoms with Crippen LogP contribution in [0.5, 0.6) is 5.75 Å². The summed E-state index contributed by atoms with van der Waals surface area (Å²) in [6.07, 6.45) is 3.75. The number of hydrogen-bond donors (Lipinski definition) is 1. The number of hydrogen-bond acceptors (Lipinski definition) is 8. The highest BCUT2D eigenvalue weighted by Crippen LogP contribution is 2.30. The number of nitrogens with zero attached hydrogens (tertiary/aromatic N) is 3. The lowest BCUT2D eigenvalue weighted by atomic mass is 10.2. The molecule has 8 nitrogen and oxygen atoms in total. The van der Waals surface area contributed by atoms with Crippen molar-refractivity contribution < 1.29 is 17.9 Å². The van der Waals surface area contributed by atoms with Crippen LogP contribution in [0.2, 0.25) is 0 Å². The number of thioether (sulfide) groups is 1. The van der Waals surface area contributed by atoms with Gasteiger partial charge in [0.15, 0.2) is 4.34 Å². The van der Waals surface area contributed by atoms with E-state index in [0.717, 1.165) is 30.0 Å². The molecular formula is C19H26N4O4S3. The van der Waals surface area contributed by atoms with Crippen LogP contribution in [0, 0.1) is 0 Å². The number of benzene rings is 1. The first-order chi connectivity index (χ1) is 14.3. The Bertz CT molecular complexity index is 983. The van der Waals surface area contributed by atoms with E-state index in [4.69, 9.17) is 4.74 Å². The molecule has 0 bridgehead atoms. The summed E-state index contributed by atoms with van der Waals surface area (Å²) in [5, 5.41) is 11.5. The van der Waals surface area contributed by atoms with Gasteiger partial charge in [-0.15, -0.1) is 10.2 Å². The van der Waals surface area contributed by atoms with E-state index in [1.54, 1.807) is 11.8 Å². The van der Waals surface area contributed by atoms with E-state index in [9.17, 15) is 13.2 Å². The fourth-order valence-corrected chi connectivity index (χ4v) is 6.64. The minimum Gasteiger partial charge on any atom is -0.496 e. The summed E-state index contributed by atoms with van der Waals surface area (Å²) in [7, 11) is -2.24. The van der Waals surface area contributed by atoms with Crippen LogP contribution in [-0.2, 0) is 10.0 Å². The predicted octanol–water partition coefficient (Wildman–Crippen LogP) is 3.86. The van der Waals surface area contributed by atoms with E-state index in [2.05, 4.69) is 15.5 Å². The smallest absolute Gasteiger partial charge is 0.261 e. The Hall–Kier alpha value is -1.69. The Balaban J connectivity index is 1.85. The first-order valence-electron chi connectivity index (χ1n) is 9.81. The second-order valence-electron chi connectivity index (χ2n) is 7.17. The molecule has 2 heterocycles. The molecule has 0 unspecified atom stereocenters. The minimum absolute atomic E-state index is 0.0867. The summed E-state index contributed by atoms with van der Waals surface area (Å²) in [5.41, 5.74) is 0.140. The van der Waals surface area contributed by atoms with Gasteiger partial charge in [-0.3, -0.25) is 10.1 Å². The van der Waals surface area contributed by atoms with Gasteiger partial charge in [-0.2, -0.15) is 4.31 Å². The van der Waals surface area contributed by atoms with E-state index in [1.165, 1.54) is 41.0 Å². The standard InChI is InChI=1S/C19H26N4O4S3/c1-13(2)28-19-22-21-18(29-19)20-17(24)15-12-14(8-9-16(15)27-3)30(25,26)23-10-6-4-5-7-11-23/h8-9,12-13H,4-7,10-11H2,1-3H3,(H,20,21,24). The molecule has 1 saturated heterocycles. The maximum atomic E-state index is 13.1. The second kappa shape index (κ2) is 10.1. The van der Waals surface area contributed by atoms with Crippen LogP contribution in [0.25, 0.3) is 0 Å². The van der Waals surface area contributed by atoms with Crippen LogP contribution in [0.4, 0.5) is 5.13 Å². The number of nitrogens with one attached hydrogen (secondary N) is 1. The summed E-state index contributed by atoms with van der Waals surface area (Å²) in [5.74, 6) is -0.194. The molecule has 30 heavy (non-hydrogen) atoms. The monoisotopic (exact) mass is 470 g/mol. The number of anilines is 1. The van der Waals surface area contributed by atoms with Crippen molar-refractivity contribution in [2.75, 3.05) is 25.5 Å². The molecule has 0 spiro atoms. The van der Waals surface area contributed by atoms with Gasteiger partial charge in [-0.25, -0.2) is 8.42 Å². The number of aromatic nitrogens is 2. The maximum absolute atomic E-state index is 13.1. The van der Waals surface area contributed by atoms with E-state index in [1.807, 2.05) is 13.8 Å². The van der Waals surface area contributed by atoms with Gasteiger partial charge in [0.05, 0.1) is 17.6 Å². The van der Waals surface area contributed by atoms with Gasteiger partial charge in [0, 0.05) is 18.3 Å². The van der Waals surface area contributed by atoms with Crippen molar-refractivity contribution in [1.29, 1.82) is 0 Å². The molecule has 1 fully saturated rings. The highest BCUT2D eigenvalue weighted by atomic mass is 32.2. The van der Waals surface area contributed by atoms with Gasteiger partial charge in [-0.05, 0) is 31.0 Å². The van der Waals surface area contributed by atoms with Crippen LogP contribution < -0.4 is 10.1 Å². The van der Waals surface area contributed by atoms with E-state index in [0.29, 0.717) is 29.2 Å². The lowest BCUT2D eigenvalue weighted by Gasteiger charge is -2.20.